The molecule has 1 aliphatic heterocycles. The van der Waals surface area contributed by atoms with Gasteiger partial charge in [0.05, 0.1) is 17.2 Å². The van der Waals surface area contributed by atoms with Crippen molar-refractivity contribution in [1.82, 2.24) is 5.32 Å². The summed E-state index contributed by atoms with van der Waals surface area (Å²) in [5, 5.41) is 11.5. The fourth-order valence-electron chi connectivity index (χ4n) is 1.06. The Morgan fingerprint density at radius 2 is 2.17 bits per heavy atom. The van der Waals surface area contributed by atoms with E-state index in [1.165, 1.54) is 0 Å². The smallest absolute Gasteiger partial charge is 0.302 e. The van der Waals surface area contributed by atoms with E-state index in [9.17, 15) is 12.3 Å². The van der Waals surface area contributed by atoms with Crippen molar-refractivity contribution in [2.45, 2.75) is 6.42 Å². The van der Waals surface area contributed by atoms with E-state index < -0.39 is 21.4 Å². The Morgan fingerprint density at radius 1 is 1.58 bits per heavy atom. The molecule has 68 valence electrons. The van der Waals surface area contributed by atoms with Crippen LogP contribution in [0.1, 0.15) is 6.42 Å². The van der Waals surface area contributed by atoms with E-state index in [0.29, 0.717) is 13.1 Å². The van der Waals surface area contributed by atoms with Gasteiger partial charge in [-0.1, -0.05) is 0 Å². The van der Waals surface area contributed by atoms with Crippen LogP contribution in [-0.4, -0.2) is 27.3 Å². The summed E-state index contributed by atoms with van der Waals surface area (Å²) >= 11 is 0. The van der Waals surface area contributed by atoms with Gasteiger partial charge in [-0.3, -0.25) is 0 Å². The van der Waals surface area contributed by atoms with E-state index in [2.05, 4.69) is 5.32 Å². The molecule has 1 heterocycles. The van der Waals surface area contributed by atoms with Crippen LogP contribution >= 0.6 is 0 Å². The summed E-state index contributed by atoms with van der Waals surface area (Å²) in [7, 11) is -4.42. The predicted octanol–water partition coefficient (Wildman–Crippen LogP) is -0.211. The van der Waals surface area contributed by atoms with Crippen LogP contribution in [0.5, 0.6) is 0 Å². The third-order valence-corrected chi connectivity index (χ3v) is 2.68. The molecule has 1 saturated heterocycles. The maximum absolute atomic E-state index is 12.1. The molecule has 1 fully saturated rings. The van der Waals surface area contributed by atoms with Crippen LogP contribution in [0.4, 0.5) is 3.89 Å². The van der Waals surface area contributed by atoms with Crippen LogP contribution in [-0.2, 0) is 10.2 Å². The maximum Gasteiger partial charge on any atom is 0.302 e. The minimum absolute atomic E-state index is 0.0787. The van der Waals surface area contributed by atoms with Crippen LogP contribution in [0.2, 0.25) is 0 Å². The Morgan fingerprint density at radius 3 is 2.42 bits per heavy atom. The monoisotopic (exact) mass is 192 g/mol. The molecule has 0 aromatic rings. The molecule has 0 amide bonds. The molecule has 0 unspecified atom stereocenters. The van der Waals surface area contributed by atoms with Crippen molar-refractivity contribution in [3.8, 4) is 6.07 Å². The third-order valence-electron chi connectivity index (χ3n) is 1.99. The lowest BCUT2D eigenvalue weighted by Crippen LogP contribution is -2.53. The van der Waals surface area contributed by atoms with E-state index in [4.69, 9.17) is 5.26 Å². The van der Waals surface area contributed by atoms with Crippen molar-refractivity contribution in [3.63, 3.8) is 0 Å². The fraction of sp³-hybridized carbons (Fsp3) is 0.833. The highest BCUT2D eigenvalue weighted by Gasteiger charge is 2.37. The van der Waals surface area contributed by atoms with Crippen molar-refractivity contribution in [2.24, 2.45) is 5.41 Å². The highest BCUT2D eigenvalue weighted by atomic mass is 32.3. The molecule has 6 heteroatoms. The molecule has 1 rings (SSSR count). The molecule has 0 aromatic heterocycles. The second-order valence-corrected chi connectivity index (χ2v) is 4.47. The minimum Gasteiger partial charge on any atom is -0.313 e. The normalized spacial score (nSPS) is 21.0. The second kappa shape index (κ2) is 2.99. The van der Waals surface area contributed by atoms with Gasteiger partial charge in [-0.15, -0.1) is 3.89 Å². The van der Waals surface area contributed by atoms with Gasteiger partial charge in [-0.25, -0.2) is 0 Å². The molecule has 0 saturated carbocycles. The zero-order valence-electron chi connectivity index (χ0n) is 6.38. The van der Waals surface area contributed by atoms with Crippen LogP contribution in [0.3, 0.4) is 0 Å². The number of nitrogens with zero attached hydrogens (tertiary/aromatic N) is 1. The second-order valence-electron chi connectivity index (χ2n) is 2.99. The molecule has 0 bridgehead atoms. The predicted molar refractivity (Wildman–Crippen MR) is 40.4 cm³/mol. The molecule has 0 spiro atoms. The first-order valence-electron chi connectivity index (χ1n) is 3.52. The van der Waals surface area contributed by atoms with Gasteiger partial charge in [0.25, 0.3) is 0 Å². The average Bonchev–Trinajstić information content (AvgIpc) is 1.84. The van der Waals surface area contributed by atoms with Gasteiger partial charge in [0, 0.05) is 13.1 Å². The Kier molecular flexibility index (Phi) is 2.35. The highest BCUT2D eigenvalue weighted by Crippen LogP contribution is 2.26. The van der Waals surface area contributed by atoms with Crippen molar-refractivity contribution >= 4 is 10.2 Å². The van der Waals surface area contributed by atoms with Crippen LogP contribution < -0.4 is 5.32 Å². The van der Waals surface area contributed by atoms with Crippen LogP contribution in [0.15, 0.2) is 0 Å². The van der Waals surface area contributed by atoms with E-state index >= 15 is 0 Å². The molecule has 0 atom stereocenters. The van der Waals surface area contributed by atoms with Gasteiger partial charge in [0.2, 0.25) is 0 Å². The lowest BCUT2D eigenvalue weighted by molar-refractivity contribution is 0.241. The average molecular weight is 192 g/mol. The Balaban J connectivity index is 2.47. The van der Waals surface area contributed by atoms with Gasteiger partial charge < -0.3 is 5.32 Å². The summed E-state index contributed by atoms with van der Waals surface area (Å²) in [6.07, 6.45) is 0.0787. The van der Waals surface area contributed by atoms with E-state index in [1.54, 1.807) is 0 Å². The molecule has 1 aliphatic rings. The molecular formula is C6H9FN2O2S. The lowest BCUT2D eigenvalue weighted by Gasteiger charge is -2.35. The van der Waals surface area contributed by atoms with Gasteiger partial charge in [0.1, 0.15) is 0 Å². The number of nitriles is 1. The number of rotatable bonds is 3. The maximum atomic E-state index is 12.1. The first kappa shape index (κ1) is 9.42. The largest absolute Gasteiger partial charge is 0.313 e. The zero-order valence-corrected chi connectivity index (χ0v) is 7.19. The SMILES string of the molecule is N#CC1(CCS(=O)(=O)F)CNC1. The highest BCUT2D eigenvalue weighted by molar-refractivity contribution is 7.86. The van der Waals surface area contributed by atoms with Crippen LogP contribution in [0, 0.1) is 16.7 Å². The first-order valence-corrected chi connectivity index (χ1v) is 5.07. The van der Waals surface area contributed by atoms with E-state index in [1.807, 2.05) is 6.07 Å². The van der Waals surface area contributed by atoms with Gasteiger partial charge in [0.15, 0.2) is 0 Å². The van der Waals surface area contributed by atoms with E-state index in [0.717, 1.165) is 0 Å². The lowest BCUT2D eigenvalue weighted by atomic mass is 9.81. The number of halogens is 1. The molecule has 0 aromatic carbocycles. The standard InChI is InChI=1S/C6H9FN2O2S/c7-12(10,11)2-1-6(3-8)4-9-5-6/h9H,1-2,4-5H2. The first-order chi connectivity index (χ1) is 5.47. The summed E-state index contributed by atoms with van der Waals surface area (Å²) in [5.41, 5.74) is -0.654. The van der Waals surface area contributed by atoms with E-state index in [-0.39, 0.29) is 6.42 Å². The molecule has 1 N–H and O–H groups in total. The molecule has 4 nitrogen and oxygen atoms in total. The summed E-state index contributed by atoms with van der Waals surface area (Å²) in [5.74, 6) is -0.553. The number of hydrogen-bond donors (Lipinski definition) is 1. The molecular weight excluding hydrogens is 183 g/mol. The summed E-state index contributed by atoms with van der Waals surface area (Å²) < 4.78 is 32.3. The Labute approximate surface area is 70.6 Å². The Hall–Kier alpha value is -0.670. The van der Waals surface area contributed by atoms with Crippen molar-refractivity contribution in [1.29, 1.82) is 5.26 Å². The molecule has 0 aliphatic carbocycles. The number of nitrogens with one attached hydrogen (secondary N) is 1. The quantitative estimate of drug-likeness (QED) is 0.628. The van der Waals surface area contributed by atoms with Crippen molar-refractivity contribution < 1.29 is 12.3 Å². The van der Waals surface area contributed by atoms with Gasteiger partial charge in [-0.05, 0) is 6.42 Å². The van der Waals surface area contributed by atoms with Crippen molar-refractivity contribution in [2.75, 3.05) is 18.8 Å². The fourth-order valence-corrected chi connectivity index (χ4v) is 1.69. The van der Waals surface area contributed by atoms with Gasteiger partial charge in [-0.2, -0.15) is 13.7 Å². The third kappa shape index (κ3) is 2.16. The zero-order chi connectivity index (χ0) is 9.24. The number of hydrogen-bond acceptors (Lipinski definition) is 4. The van der Waals surface area contributed by atoms with Crippen molar-refractivity contribution in [3.05, 3.63) is 0 Å². The molecule has 12 heavy (non-hydrogen) atoms. The Bertz CT molecular complexity index is 302. The summed E-state index contributed by atoms with van der Waals surface area (Å²) in [6.45, 7) is 0.915. The van der Waals surface area contributed by atoms with Crippen LogP contribution in [0.25, 0.3) is 0 Å². The summed E-state index contributed by atoms with van der Waals surface area (Å²) in [4.78, 5) is 0. The molecule has 0 radical (unpaired) electrons. The minimum atomic E-state index is -4.42. The summed E-state index contributed by atoms with van der Waals surface area (Å²) in [6, 6.07) is 1.99. The van der Waals surface area contributed by atoms with Gasteiger partial charge >= 0.3 is 10.2 Å². The topological polar surface area (TPSA) is 70.0 Å².